The topological polar surface area (TPSA) is 150 Å². The number of phenols is 1. The molecule has 0 heterocycles. The smallest absolute Gasteiger partial charge is 0.356 e. The van der Waals surface area contributed by atoms with E-state index in [1.54, 1.807) is 0 Å². The van der Waals surface area contributed by atoms with Crippen LogP contribution in [0.25, 0.3) is 0 Å². The van der Waals surface area contributed by atoms with Gasteiger partial charge in [0.25, 0.3) is 0 Å². The van der Waals surface area contributed by atoms with Crippen LogP contribution in [0.3, 0.4) is 0 Å². The van der Waals surface area contributed by atoms with Gasteiger partial charge in [-0.2, -0.15) is 0 Å². The summed E-state index contributed by atoms with van der Waals surface area (Å²) in [4.78, 5) is 28.5. The predicted molar refractivity (Wildman–Crippen MR) is 52.8 cm³/mol. The van der Waals surface area contributed by atoms with Crippen LogP contribution >= 0.6 is 0 Å². The first-order chi connectivity index (χ1) is 7.77. The Morgan fingerprint density at radius 3 is 1.82 bits per heavy atom. The summed E-state index contributed by atoms with van der Waals surface area (Å²) in [6.45, 7) is 0.961. The maximum Gasteiger partial charge on any atom is 0.356 e. The Hall–Kier alpha value is -2.78. The predicted octanol–water partition coefficient (Wildman–Crippen LogP) is 1.43. The zero-order valence-electron chi connectivity index (χ0n) is 8.32. The van der Waals surface area contributed by atoms with Gasteiger partial charge in [-0.1, -0.05) is 0 Å². The highest BCUT2D eigenvalue weighted by molar-refractivity contribution is 5.70. The van der Waals surface area contributed by atoms with E-state index in [4.69, 9.17) is 0 Å². The second-order valence-corrected chi connectivity index (χ2v) is 3.01. The van der Waals surface area contributed by atoms with E-state index in [9.17, 15) is 35.4 Å². The number of rotatable bonds is 3. The van der Waals surface area contributed by atoms with Crippen molar-refractivity contribution in [1.29, 1.82) is 0 Å². The molecule has 1 aromatic carbocycles. The lowest BCUT2D eigenvalue weighted by Crippen LogP contribution is -2.02. The third kappa shape index (κ3) is 1.95. The van der Waals surface area contributed by atoms with Crippen LogP contribution in [0.2, 0.25) is 0 Å². The number of nitrogens with zero attached hydrogens (tertiary/aromatic N) is 3. The van der Waals surface area contributed by atoms with Gasteiger partial charge >= 0.3 is 17.1 Å². The molecule has 0 unspecified atom stereocenters. The van der Waals surface area contributed by atoms with Crippen molar-refractivity contribution >= 4 is 17.1 Å². The van der Waals surface area contributed by atoms with Gasteiger partial charge in [0, 0.05) is 0 Å². The van der Waals surface area contributed by atoms with Crippen LogP contribution in [0.1, 0.15) is 5.56 Å². The molecule has 1 N–H and O–H groups in total. The third-order valence-electron chi connectivity index (χ3n) is 2.03. The van der Waals surface area contributed by atoms with Crippen LogP contribution in [0.5, 0.6) is 5.75 Å². The monoisotopic (exact) mass is 243 g/mol. The van der Waals surface area contributed by atoms with E-state index in [1.807, 2.05) is 0 Å². The molecular formula is C7H5N3O7. The minimum atomic E-state index is -1.10. The molecule has 1 aromatic rings. The minimum Gasteiger partial charge on any atom is -0.502 e. The molecular weight excluding hydrogens is 238 g/mol. The standard InChI is InChI=1S/C7H5N3O7/c1-3-6(9(14)15)4(8(12)13)2-5(11)7(3)10(16)17/h2,11H,1H3. The summed E-state index contributed by atoms with van der Waals surface area (Å²) in [5, 5.41) is 40.9. The molecule has 0 radical (unpaired) electrons. The zero-order valence-corrected chi connectivity index (χ0v) is 8.32. The fourth-order valence-corrected chi connectivity index (χ4v) is 1.36. The summed E-state index contributed by atoms with van der Waals surface area (Å²) < 4.78 is 0. The first kappa shape index (κ1) is 12.3. The van der Waals surface area contributed by atoms with Crippen LogP contribution < -0.4 is 0 Å². The quantitative estimate of drug-likeness (QED) is 0.622. The van der Waals surface area contributed by atoms with E-state index in [0.717, 1.165) is 6.92 Å². The first-order valence-electron chi connectivity index (χ1n) is 4.07. The lowest BCUT2D eigenvalue weighted by Gasteiger charge is -2.02. The fourth-order valence-electron chi connectivity index (χ4n) is 1.36. The Labute approximate surface area is 92.5 Å². The molecule has 0 amide bonds. The second kappa shape index (κ2) is 4.00. The van der Waals surface area contributed by atoms with Crippen molar-refractivity contribution in [2.24, 2.45) is 0 Å². The molecule has 17 heavy (non-hydrogen) atoms. The number of hydrogen-bond acceptors (Lipinski definition) is 7. The Morgan fingerprint density at radius 1 is 1.00 bits per heavy atom. The van der Waals surface area contributed by atoms with Gasteiger partial charge in [0.15, 0.2) is 0 Å². The molecule has 0 saturated heterocycles. The van der Waals surface area contributed by atoms with E-state index in [-0.39, 0.29) is 0 Å². The maximum atomic E-state index is 10.6. The molecule has 0 bridgehead atoms. The molecule has 0 aliphatic carbocycles. The highest BCUT2D eigenvalue weighted by Crippen LogP contribution is 2.42. The largest absolute Gasteiger partial charge is 0.502 e. The van der Waals surface area contributed by atoms with Crippen LogP contribution in [0.4, 0.5) is 17.1 Å². The summed E-state index contributed by atoms with van der Waals surface area (Å²) >= 11 is 0. The number of nitro benzene ring substituents is 3. The van der Waals surface area contributed by atoms with Gasteiger partial charge in [-0.05, 0) is 6.92 Å². The van der Waals surface area contributed by atoms with Crippen molar-refractivity contribution in [3.05, 3.63) is 42.0 Å². The molecule has 0 aliphatic heterocycles. The van der Waals surface area contributed by atoms with Gasteiger partial charge in [0.1, 0.15) is 5.56 Å². The van der Waals surface area contributed by atoms with Gasteiger partial charge in [-0.15, -0.1) is 0 Å². The van der Waals surface area contributed by atoms with Crippen molar-refractivity contribution in [3.8, 4) is 5.75 Å². The third-order valence-corrected chi connectivity index (χ3v) is 2.03. The normalized spacial score (nSPS) is 9.94. The van der Waals surface area contributed by atoms with Crippen LogP contribution in [0, 0.1) is 37.3 Å². The average molecular weight is 243 g/mol. The van der Waals surface area contributed by atoms with E-state index < -0.39 is 43.1 Å². The minimum absolute atomic E-state index is 0.392. The van der Waals surface area contributed by atoms with Gasteiger partial charge in [0.05, 0.1) is 20.8 Å². The number of phenolic OH excluding ortho intramolecular Hbond substituents is 1. The van der Waals surface area contributed by atoms with Gasteiger partial charge < -0.3 is 5.11 Å². The summed E-state index contributed by atoms with van der Waals surface area (Å²) in [5.74, 6) is -0.982. The molecule has 0 saturated carbocycles. The number of aromatic hydroxyl groups is 1. The molecule has 0 spiro atoms. The first-order valence-corrected chi connectivity index (χ1v) is 4.07. The highest BCUT2D eigenvalue weighted by atomic mass is 16.6. The molecule has 1 rings (SSSR count). The Balaban J connectivity index is 3.76. The second-order valence-electron chi connectivity index (χ2n) is 3.01. The van der Waals surface area contributed by atoms with Crippen LogP contribution in [-0.2, 0) is 0 Å². The molecule has 0 atom stereocenters. The van der Waals surface area contributed by atoms with Gasteiger partial charge in [0.2, 0.25) is 5.75 Å². The summed E-state index contributed by atoms with van der Waals surface area (Å²) in [7, 11) is 0. The summed E-state index contributed by atoms with van der Waals surface area (Å²) in [6.07, 6.45) is 0. The molecule has 10 nitrogen and oxygen atoms in total. The molecule has 0 aliphatic rings. The van der Waals surface area contributed by atoms with Crippen molar-refractivity contribution < 1.29 is 19.9 Å². The zero-order chi connectivity index (χ0) is 13.3. The van der Waals surface area contributed by atoms with Crippen molar-refractivity contribution in [2.75, 3.05) is 0 Å². The molecule has 0 fully saturated rings. The lowest BCUT2D eigenvalue weighted by molar-refractivity contribution is -0.425. The molecule has 0 aromatic heterocycles. The SMILES string of the molecule is Cc1c([N+](=O)[O-])c(O)cc([N+](=O)[O-])c1[N+](=O)[O-]. The van der Waals surface area contributed by atoms with E-state index in [0.29, 0.717) is 6.07 Å². The van der Waals surface area contributed by atoms with Crippen LogP contribution in [-0.4, -0.2) is 19.9 Å². The fraction of sp³-hybridized carbons (Fsp3) is 0.143. The summed E-state index contributed by atoms with van der Waals surface area (Å²) in [5.41, 5.74) is -3.47. The molecule has 10 heteroatoms. The highest BCUT2D eigenvalue weighted by Gasteiger charge is 2.35. The van der Waals surface area contributed by atoms with E-state index >= 15 is 0 Å². The number of nitro groups is 3. The Bertz CT molecular complexity index is 539. The Morgan fingerprint density at radius 2 is 1.47 bits per heavy atom. The maximum absolute atomic E-state index is 10.6. The Kier molecular flexibility index (Phi) is 2.89. The number of hydrogen-bond donors (Lipinski definition) is 1. The average Bonchev–Trinajstić information content (AvgIpc) is 2.14. The van der Waals surface area contributed by atoms with Crippen molar-refractivity contribution in [3.63, 3.8) is 0 Å². The van der Waals surface area contributed by atoms with E-state index in [2.05, 4.69) is 0 Å². The van der Waals surface area contributed by atoms with Gasteiger partial charge in [-0.25, -0.2) is 0 Å². The number of benzene rings is 1. The van der Waals surface area contributed by atoms with Crippen LogP contribution in [0.15, 0.2) is 6.07 Å². The van der Waals surface area contributed by atoms with Gasteiger partial charge in [-0.3, -0.25) is 30.3 Å². The van der Waals surface area contributed by atoms with Crippen molar-refractivity contribution in [2.45, 2.75) is 6.92 Å². The molecule has 90 valence electrons. The van der Waals surface area contributed by atoms with Crippen molar-refractivity contribution in [1.82, 2.24) is 0 Å². The van der Waals surface area contributed by atoms with E-state index in [1.165, 1.54) is 0 Å². The lowest BCUT2D eigenvalue weighted by atomic mass is 10.1. The summed E-state index contributed by atoms with van der Waals surface area (Å²) in [6, 6.07) is 0.392.